The molecule has 2 N–H and O–H groups in total. The zero-order valence-corrected chi connectivity index (χ0v) is 8.57. The number of hydrogen-bond donors (Lipinski definition) is 2. The molecule has 80 valence electrons. The molecule has 1 fully saturated rings. The molecule has 1 unspecified atom stereocenters. The Balaban J connectivity index is 2.40. The van der Waals surface area contributed by atoms with Crippen molar-refractivity contribution >= 4 is 17.6 Å². The third-order valence-corrected chi connectivity index (χ3v) is 2.62. The van der Waals surface area contributed by atoms with Crippen molar-refractivity contribution in [1.29, 1.82) is 0 Å². The van der Waals surface area contributed by atoms with E-state index in [-0.39, 0.29) is 5.91 Å². The number of carbonyl (C=O) groups excluding carboxylic acids is 2. The molecule has 0 spiro atoms. The largest absolute Gasteiger partial charge is 0.322 e. The molecule has 5 nitrogen and oxygen atoms in total. The van der Waals surface area contributed by atoms with Gasteiger partial charge in [0.1, 0.15) is 5.54 Å². The van der Waals surface area contributed by atoms with Gasteiger partial charge in [-0.1, -0.05) is 24.3 Å². The summed E-state index contributed by atoms with van der Waals surface area (Å²) in [6.45, 7) is 8.44. The van der Waals surface area contributed by atoms with Crippen LogP contribution in [-0.4, -0.2) is 11.9 Å². The van der Waals surface area contributed by atoms with Crippen molar-refractivity contribution in [1.82, 2.24) is 10.6 Å². The summed E-state index contributed by atoms with van der Waals surface area (Å²) in [5.74, 6) is -0.381. The van der Waals surface area contributed by atoms with Crippen LogP contribution in [0.1, 0.15) is 12.5 Å². The number of amides is 3. The second-order valence-corrected chi connectivity index (χ2v) is 3.69. The van der Waals surface area contributed by atoms with E-state index in [2.05, 4.69) is 15.5 Å². The van der Waals surface area contributed by atoms with E-state index in [1.54, 1.807) is 31.2 Å². The predicted octanol–water partition coefficient (Wildman–Crippen LogP) is 1.29. The first kappa shape index (κ1) is 10.2. The molecule has 3 amide bonds. The van der Waals surface area contributed by atoms with Crippen LogP contribution < -0.4 is 10.6 Å². The Labute approximate surface area is 92.3 Å². The van der Waals surface area contributed by atoms with Crippen LogP contribution in [0.2, 0.25) is 0 Å². The molecule has 1 aromatic rings. The highest BCUT2D eigenvalue weighted by Crippen LogP contribution is 2.26. The monoisotopic (exact) mass is 215 g/mol. The average Bonchev–Trinajstić information content (AvgIpc) is 2.54. The first-order valence-corrected chi connectivity index (χ1v) is 4.68. The van der Waals surface area contributed by atoms with Crippen LogP contribution in [0.5, 0.6) is 0 Å². The number of imide groups is 1. The summed E-state index contributed by atoms with van der Waals surface area (Å²) in [6, 6.07) is 6.06. The van der Waals surface area contributed by atoms with Crippen LogP contribution in [0.25, 0.3) is 4.85 Å². The minimum atomic E-state index is -1.04. The van der Waals surface area contributed by atoms with Crippen molar-refractivity contribution in [2.24, 2.45) is 0 Å². The molecular formula is C11H9N3O2. The predicted molar refractivity (Wildman–Crippen MR) is 56.7 cm³/mol. The van der Waals surface area contributed by atoms with Gasteiger partial charge in [0, 0.05) is 0 Å². The summed E-state index contributed by atoms with van der Waals surface area (Å²) in [5.41, 5.74) is 0.109. The Morgan fingerprint density at radius 2 is 1.88 bits per heavy atom. The van der Waals surface area contributed by atoms with Crippen LogP contribution in [-0.2, 0) is 10.3 Å². The summed E-state index contributed by atoms with van der Waals surface area (Å²) >= 11 is 0. The van der Waals surface area contributed by atoms with E-state index < -0.39 is 11.6 Å². The van der Waals surface area contributed by atoms with E-state index in [0.29, 0.717) is 11.3 Å². The number of nitrogens with one attached hydrogen (secondary N) is 2. The lowest BCUT2D eigenvalue weighted by Gasteiger charge is -2.20. The van der Waals surface area contributed by atoms with Crippen LogP contribution in [0.3, 0.4) is 0 Å². The highest BCUT2D eigenvalue weighted by Gasteiger charge is 2.43. The summed E-state index contributed by atoms with van der Waals surface area (Å²) < 4.78 is 0. The van der Waals surface area contributed by atoms with Gasteiger partial charge in [-0.2, -0.15) is 0 Å². The average molecular weight is 215 g/mol. The lowest BCUT2D eigenvalue weighted by Crippen LogP contribution is -2.40. The lowest BCUT2D eigenvalue weighted by atomic mass is 9.92. The molecule has 0 bridgehead atoms. The van der Waals surface area contributed by atoms with Gasteiger partial charge in [0.05, 0.1) is 6.57 Å². The van der Waals surface area contributed by atoms with E-state index in [1.165, 1.54) is 0 Å². The minimum Gasteiger partial charge on any atom is -0.320 e. The number of carbonyl (C=O) groups is 2. The van der Waals surface area contributed by atoms with Crippen LogP contribution in [0.4, 0.5) is 10.5 Å². The zero-order valence-electron chi connectivity index (χ0n) is 8.57. The van der Waals surface area contributed by atoms with E-state index in [4.69, 9.17) is 6.57 Å². The maximum Gasteiger partial charge on any atom is 0.322 e. The Hall–Kier alpha value is -2.35. The molecule has 16 heavy (non-hydrogen) atoms. The molecule has 0 saturated carbocycles. The van der Waals surface area contributed by atoms with E-state index in [9.17, 15) is 9.59 Å². The van der Waals surface area contributed by atoms with Gasteiger partial charge >= 0.3 is 6.03 Å². The van der Waals surface area contributed by atoms with E-state index in [0.717, 1.165) is 0 Å². The summed E-state index contributed by atoms with van der Waals surface area (Å²) in [4.78, 5) is 25.9. The first-order chi connectivity index (χ1) is 7.56. The Kier molecular flexibility index (Phi) is 2.13. The van der Waals surface area contributed by atoms with Gasteiger partial charge in [0.15, 0.2) is 5.69 Å². The lowest BCUT2D eigenvalue weighted by molar-refractivity contribution is -0.123. The molecule has 1 aromatic carbocycles. The zero-order chi connectivity index (χ0) is 11.8. The molecule has 2 rings (SSSR count). The summed E-state index contributed by atoms with van der Waals surface area (Å²) in [6.07, 6.45) is 0. The Morgan fingerprint density at radius 1 is 1.25 bits per heavy atom. The van der Waals surface area contributed by atoms with E-state index in [1.807, 2.05) is 0 Å². The maximum atomic E-state index is 11.6. The van der Waals surface area contributed by atoms with Crippen molar-refractivity contribution in [3.05, 3.63) is 41.2 Å². The van der Waals surface area contributed by atoms with Crippen molar-refractivity contribution < 1.29 is 9.59 Å². The molecule has 1 heterocycles. The number of hydrogen-bond acceptors (Lipinski definition) is 2. The Bertz CT molecular complexity index is 501. The normalized spacial score (nSPS) is 23.5. The SMILES string of the molecule is [C-]#[N+]c1ccc(C2(C)NC(=O)NC2=O)cc1. The van der Waals surface area contributed by atoms with Gasteiger partial charge in [0.25, 0.3) is 5.91 Å². The fourth-order valence-corrected chi connectivity index (χ4v) is 1.62. The highest BCUT2D eigenvalue weighted by molar-refractivity contribution is 6.07. The number of benzene rings is 1. The molecule has 0 aromatic heterocycles. The number of rotatable bonds is 1. The fourth-order valence-electron chi connectivity index (χ4n) is 1.62. The van der Waals surface area contributed by atoms with Crippen molar-refractivity contribution in [2.75, 3.05) is 0 Å². The smallest absolute Gasteiger partial charge is 0.320 e. The van der Waals surface area contributed by atoms with Gasteiger partial charge in [-0.15, -0.1) is 0 Å². The van der Waals surface area contributed by atoms with Crippen LogP contribution in [0, 0.1) is 6.57 Å². The molecule has 1 atom stereocenters. The second kappa shape index (κ2) is 3.35. The first-order valence-electron chi connectivity index (χ1n) is 4.68. The summed E-state index contributed by atoms with van der Waals surface area (Å²) in [7, 11) is 0. The molecule has 5 heteroatoms. The van der Waals surface area contributed by atoms with Gasteiger partial charge in [-0.05, 0) is 12.5 Å². The Morgan fingerprint density at radius 3 is 2.31 bits per heavy atom. The van der Waals surface area contributed by atoms with Gasteiger partial charge in [0.2, 0.25) is 0 Å². The van der Waals surface area contributed by atoms with Crippen molar-refractivity contribution in [3.63, 3.8) is 0 Å². The maximum absolute atomic E-state index is 11.6. The molecule has 1 saturated heterocycles. The summed E-state index contributed by atoms with van der Waals surface area (Å²) in [5, 5.41) is 4.74. The van der Waals surface area contributed by atoms with Gasteiger partial charge < -0.3 is 5.32 Å². The molecule has 0 aliphatic carbocycles. The van der Waals surface area contributed by atoms with Crippen molar-refractivity contribution in [2.45, 2.75) is 12.5 Å². The van der Waals surface area contributed by atoms with Crippen LogP contribution in [0.15, 0.2) is 24.3 Å². The van der Waals surface area contributed by atoms with E-state index >= 15 is 0 Å². The molecular weight excluding hydrogens is 206 g/mol. The van der Waals surface area contributed by atoms with Crippen LogP contribution >= 0.6 is 0 Å². The highest BCUT2D eigenvalue weighted by atomic mass is 16.2. The second-order valence-electron chi connectivity index (χ2n) is 3.69. The molecule has 1 aliphatic heterocycles. The number of urea groups is 1. The molecule has 0 radical (unpaired) electrons. The molecule has 1 aliphatic rings. The van der Waals surface area contributed by atoms with Crippen molar-refractivity contribution in [3.8, 4) is 0 Å². The third kappa shape index (κ3) is 1.41. The fraction of sp³-hybridized carbons (Fsp3) is 0.182. The quantitative estimate of drug-likeness (QED) is 0.547. The minimum absolute atomic E-state index is 0.381. The van der Waals surface area contributed by atoms with Gasteiger partial charge in [-0.25, -0.2) is 9.64 Å². The third-order valence-electron chi connectivity index (χ3n) is 2.62. The number of nitrogens with zero attached hydrogens (tertiary/aromatic N) is 1. The van der Waals surface area contributed by atoms with Gasteiger partial charge in [-0.3, -0.25) is 10.1 Å². The standard InChI is InChI=1S/C11H9N3O2/c1-11(9(15)13-10(16)14-11)7-3-5-8(12-2)6-4-7/h3-6H,1H3,(H2,13,14,15,16). The topological polar surface area (TPSA) is 62.6 Å².